The zero-order chi connectivity index (χ0) is 12.3. The summed E-state index contributed by atoms with van der Waals surface area (Å²) in [6.07, 6.45) is 4.91. The Morgan fingerprint density at radius 1 is 1.53 bits per heavy atom. The predicted molar refractivity (Wildman–Crippen MR) is 65.5 cm³/mol. The molecule has 1 atom stereocenters. The molecule has 0 amide bonds. The molecule has 0 fully saturated rings. The van der Waals surface area contributed by atoms with Gasteiger partial charge in [-0.3, -0.25) is 0 Å². The van der Waals surface area contributed by atoms with Gasteiger partial charge in [0.2, 0.25) is 0 Å². The van der Waals surface area contributed by atoms with Crippen LogP contribution in [0.5, 0.6) is 0 Å². The third kappa shape index (κ3) is 6.99. The van der Waals surface area contributed by atoms with Crippen molar-refractivity contribution < 1.29 is 9.84 Å². The van der Waals surface area contributed by atoms with E-state index >= 15 is 0 Å². The van der Waals surface area contributed by atoms with Crippen LogP contribution in [0.4, 0.5) is 0 Å². The Bertz CT molecular complexity index is 282. The van der Waals surface area contributed by atoms with Crippen LogP contribution in [0.15, 0.2) is 18.6 Å². The highest BCUT2D eigenvalue weighted by atomic mass is 16.5. The maximum absolute atomic E-state index is 9.61. The molecule has 0 aliphatic carbocycles. The van der Waals surface area contributed by atoms with Crippen molar-refractivity contribution >= 4 is 0 Å². The minimum atomic E-state index is -0.464. The Labute approximate surface area is 102 Å². The molecule has 1 unspecified atom stereocenters. The molecule has 0 bridgehead atoms. The smallest absolute Gasteiger partial charge is 0.115 e. The van der Waals surface area contributed by atoms with Gasteiger partial charge in [-0.2, -0.15) is 0 Å². The summed E-state index contributed by atoms with van der Waals surface area (Å²) in [5.74, 6) is 0. The van der Waals surface area contributed by atoms with Crippen molar-refractivity contribution in [3.63, 3.8) is 0 Å². The van der Waals surface area contributed by atoms with E-state index in [1.54, 1.807) is 6.20 Å². The van der Waals surface area contributed by atoms with Crippen LogP contribution in [-0.2, 0) is 11.3 Å². The first-order valence-electron chi connectivity index (χ1n) is 6.04. The molecular weight excluding hydrogens is 218 g/mol. The normalized spacial score (nSPS) is 12.6. The molecule has 5 nitrogen and oxygen atoms in total. The molecule has 0 aliphatic rings. The van der Waals surface area contributed by atoms with E-state index in [0.717, 1.165) is 25.1 Å². The van der Waals surface area contributed by atoms with E-state index < -0.39 is 6.10 Å². The standard InChI is InChI=1S/C12H21N3O2/c1-2-3-6-17-9-12(16)8-14-7-11-4-5-13-10-15-11/h4-5,10,12,14,16H,2-3,6-9H2,1H3. The van der Waals surface area contributed by atoms with Crippen LogP contribution in [-0.4, -0.2) is 40.9 Å². The van der Waals surface area contributed by atoms with Crippen molar-refractivity contribution in [1.29, 1.82) is 0 Å². The second kappa shape index (κ2) is 9.04. The summed E-state index contributed by atoms with van der Waals surface area (Å²) in [5.41, 5.74) is 0.916. The molecule has 0 aromatic carbocycles. The van der Waals surface area contributed by atoms with E-state index in [2.05, 4.69) is 22.2 Å². The Morgan fingerprint density at radius 3 is 3.12 bits per heavy atom. The summed E-state index contributed by atoms with van der Waals surface area (Å²) in [4.78, 5) is 7.91. The fourth-order valence-corrected chi connectivity index (χ4v) is 1.31. The van der Waals surface area contributed by atoms with Gasteiger partial charge in [-0.1, -0.05) is 13.3 Å². The van der Waals surface area contributed by atoms with Crippen LogP contribution in [0.2, 0.25) is 0 Å². The van der Waals surface area contributed by atoms with Crippen molar-refractivity contribution in [2.45, 2.75) is 32.4 Å². The van der Waals surface area contributed by atoms with Gasteiger partial charge in [-0.05, 0) is 12.5 Å². The highest BCUT2D eigenvalue weighted by molar-refractivity contribution is 4.96. The SMILES string of the molecule is CCCCOCC(O)CNCc1ccncn1. The highest BCUT2D eigenvalue weighted by Gasteiger charge is 2.03. The summed E-state index contributed by atoms with van der Waals surface area (Å²) < 4.78 is 5.32. The second-order valence-corrected chi connectivity index (χ2v) is 3.91. The van der Waals surface area contributed by atoms with Crippen LogP contribution in [0.1, 0.15) is 25.5 Å². The maximum atomic E-state index is 9.61. The Balaban J connectivity index is 2.02. The van der Waals surface area contributed by atoms with Gasteiger partial charge in [-0.25, -0.2) is 9.97 Å². The van der Waals surface area contributed by atoms with Gasteiger partial charge in [-0.15, -0.1) is 0 Å². The number of unbranched alkanes of at least 4 members (excludes halogenated alkanes) is 1. The number of nitrogens with zero attached hydrogens (tertiary/aromatic N) is 2. The molecule has 1 aromatic heterocycles. The summed E-state index contributed by atoms with van der Waals surface area (Å²) in [7, 11) is 0. The van der Waals surface area contributed by atoms with Crippen molar-refractivity contribution in [2.24, 2.45) is 0 Å². The minimum Gasteiger partial charge on any atom is -0.389 e. The fourth-order valence-electron chi connectivity index (χ4n) is 1.31. The largest absolute Gasteiger partial charge is 0.389 e. The number of hydrogen-bond acceptors (Lipinski definition) is 5. The van der Waals surface area contributed by atoms with E-state index in [1.165, 1.54) is 6.33 Å². The molecule has 0 saturated heterocycles. The predicted octanol–water partition coefficient (Wildman–Crippen LogP) is 0.744. The quantitative estimate of drug-likeness (QED) is 0.622. The molecule has 0 aliphatic heterocycles. The third-order valence-corrected chi connectivity index (χ3v) is 2.28. The van der Waals surface area contributed by atoms with Crippen LogP contribution in [0.3, 0.4) is 0 Å². The molecule has 1 rings (SSSR count). The molecule has 96 valence electrons. The van der Waals surface area contributed by atoms with Crippen molar-refractivity contribution in [3.05, 3.63) is 24.3 Å². The van der Waals surface area contributed by atoms with Gasteiger partial charge in [0.1, 0.15) is 6.33 Å². The Kier molecular flexibility index (Phi) is 7.46. The molecule has 1 heterocycles. The molecular formula is C12H21N3O2. The first-order chi connectivity index (χ1) is 8.33. The van der Waals surface area contributed by atoms with Crippen LogP contribution in [0, 0.1) is 0 Å². The summed E-state index contributed by atoms with van der Waals surface area (Å²) in [6, 6.07) is 1.84. The van der Waals surface area contributed by atoms with Gasteiger partial charge < -0.3 is 15.2 Å². The summed E-state index contributed by atoms with van der Waals surface area (Å²) >= 11 is 0. The average Bonchev–Trinajstić information content (AvgIpc) is 2.36. The molecule has 2 N–H and O–H groups in total. The number of aliphatic hydroxyl groups excluding tert-OH is 1. The Hall–Kier alpha value is -1.04. The molecule has 5 heteroatoms. The lowest BCUT2D eigenvalue weighted by Crippen LogP contribution is -2.30. The fraction of sp³-hybridized carbons (Fsp3) is 0.667. The summed E-state index contributed by atoms with van der Waals surface area (Å²) in [5, 5.41) is 12.7. The molecule has 17 heavy (non-hydrogen) atoms. The number of aliphatic hydroxyl groups is 1. The van der Waals surface area contributed by atoms with Crippen molar-refractivity contribution in [3.8, 4) is 0 Å². The zero-order valence-corrected chi connectivity index (χ0v) is 10.3. The van der Waals surface area contributed by atoms with E-state index in [1.807, 2.05) is 6.07 Å². The van der Waals surface area contributed by atoms with E-state index in [4.69, 9.17) is 4.74 Å². The van der Waals surface area contributed by atoms with Gasteiger partial charge in [0.25, 0.3) is 0 Å². The lowest BCUT2D eigenvalue weighted by molar-refractivity contribution is 0.0357. The highest BCUT2D eigenvalue weighted by Crippen LogP contribution is 1.92. The van der Waals surface area contributed by atoms with E-state index in [-0.39, 0.29) is 0 Å². The number of ether oxygens (including phenoxy) is 1. The molecule has 0 spiro atoms. The number of hydrogen-bond donors (Lipinski definition) is 2. The summed E-state index contributed by atoms with van der Waals surface area (Å²) in [6.45, 7) is 4.37. The van der Waals surface area contributed by atoms with Crippen molar-refractivity contribution in [1.82, 2.24) is 15.3 Å². The van der Waals surface area contributed by atoms with E-state index in [9.17, 15) is 5.11 Å². The third-order valence-electron chi connectivity index (χ3n) is 2.28. The van der Waals surface area contributed by atoms with Gasteiger partial charge in [0, 0.05) is 25.9 Å². The van der Waals surface area contributed by atoms with Crippen molar-refractivity contribution in [2.75, 3.05) is 19.8 Å². The minimum absolute atomic E-state index is 0.386. The second-order valence-electron chi connectivity index (χ2n) is 3.91. The van der Waals surface area contributed by atoms with Gasteiger partial charge in [0.15, 0.2) is 0 Å². The topological polar surface area (TPSA) is 67.3 Å². The molecule has 1 aromatic rings. The zero-order valence-electron chi connectivity index (χ0n) is 10.3. The van der Waals surface area contributed by atoms with Crippen LogP contribution >= 0.6 is 0 Å². The van der Waals surface area contributed by atoms with Gasteiger partial charge in [0.05, 0.1) is 18.4 Å². The number of nitrogens with one attached hydrogen (secondary N) is 1. The maximum Gasteiger partial charge on any atom is 0.115 e. The lowest BCUT2D eigenvalue weighted by atomic mass is 10.3. The lowest BCUT2D eigenvalue weighted by Gasteiger charge is -2.11. The molecule has 0 radical (unpaired) electrons. The monoisotopic (exact) mass is 239 g/mol. The first kappa shape index (κ1) is 14.0. The molecule has 0 saturated carbocycles. The van der Waals surface area contributed by atoms with Gasteiger partial charge >= 0.3 is 0 Å². The van der Waals surface area contributed by atoms with Crippen LogP contribution < -0.4 is 5.32 Å². The Morgan fingerprint density at radius 2 is 2.41 bits per heavy atom. The number of aromatic nitrogens is 2. The van der Waals surface area contributed by atoms with E-state index in [0.29, 0.717) is 19.7 Å². The first-order valence-corrected chi connectivity index (χ1v) is 6.04. The average molecular weight is 239 g/mol. The number of rotatable bonds is 9. The van der Waals surface area contributed by atoms with Crippen LogP contribution in [0.25, 0.3) is 0 Å².